The van der Waals surface area contributed by atoms with E-state index in [-0.39, 0.29) is 17.4 Å². The van der Waals surface area contributed by atoms with E-state index in [9.17, 15) is 4.79 Å². The third kappa shape index (κ3) is 5.89. The first-order valence-corrected chi connectivity index (χ1v) is 9.99. The summed E-state index contributed by atoms with van der Waals surface area (Å²) in [5, 5.41) is 3.07. The van der Waals surface area contributed by atoms with E-state index in [1.807, 2.05) is 49.4 Å². The Morgan fingerprint density at radius 2 is 1.62 bits per heavy atom. The molecule has 0 saturated carbocycles. The predicted molar refractivity (Wildman–Crippen MR) is 116 cm³/mol. The number of ether oxygens (including phenoxy) is 3. The summed E-state index contributed by atoms with van der Waals surface area (Å²) < 4.78 is 16.5. The van der Waals surface area contributed by atoms with Crippen LogP contribution in [0.2, 0.25) is 0 Å². The third-order valence-corrected chi connectivity index (χ3v) is 4.94. The molecule has 0 aliphatic heterocycles. The first-order chi connectivity index (χ1) is 13.7. The van der Waals surface area contributed by atoms with Crippen LogP contribution in [-0.4, -0.2) is 26.2 Å². The minimum absolute atomic E-state index is 0.0787. The molecule has 0 fully saturated rings. The van der Waals surface area contributed by atoms with Gasteiger partial charge < -0.3 is 19.5 Å². The number of rotatable bonds is 8. The molecule has 0 heterocycles. The summed E-state index contributed by atoms with van der Waals surface area (Å²) in [7, 11) is 3.20. The minimum Gasteiger partial charge on any atom is -0.493 e. The number of methoxy groups -OCH3 is 2. The lowest BCUT2D eigenvalue weighted by atomic mass is 9.87. The Balaban J connectivity index is 2.05. The Labute approximate surface area is 174 Å². The van der Waals surface area contributed by atoms with Crippen LogP contribution < -0.4 is 19.5 Å². The fourth-order valence-electron chi connectivity index (χ4n) is 3.07. The van der Waals surface area contributed by atoms with Crippen LogP contribution in [0.15, 0.2) is 42.5 Å². The molecule has 1 amide bonds. The van der Waals surface area contributed by atoms with E-state index in [1.54, 1.807) is 21.1 Å². The number of amides is 1. The summed E-state index contributed by atoms with van der Waals surface area (Å²) in [5.41, 5.74) is 2.26. The average Bonchev–Trinajstić information content (AvgIpc) is 2.70. The lowest BCUT2D eigenvalue weighted by Crippen LogP contribution is -2.38. The monoisotopic (exact) mass is 399 g/mol. The molecule has 5 nitrogen and oxygen atoms in total. The van der Waals surface area contributed by atoms with E-state index in [1.165, 1.54) is 5.56 Å². The largest absolute Gasteiger partial charge is 0.493 e. The van der Waals surface area contributed by atoms with Crippen molar-refractivity contribution in [3.63, 3.8) is 0 Å². The predicted octanol–water partition coefficient (Wildman–Crippen LogP) is 5.04. The van der Waals surface area contributed by atoms with Crippen molar-refractivity contribution in [2.24, 2.45) is 0 Å². The first kappa shape index (κ1) is 22.6. The quantitative estimate of drug-likeness (QED) is 0.676. The zero-order valence-electron chi connectivity index (χ0n) is 18.5. The number of benzene rings is 2. The molecular weight excluding hydrogens is 366 g/mol. The molecule has 2 aromatic carbocycles. The molecule has 2 atom stereocenters. The van der Waals surface area contributed by atoms with Crippen molar-refractivity contribution in [1.82, 2.24) is 5.32 Å². The maximum absolute atomic E-state index is 12.7. The molecule has 0 aromatic heterocycles. The Bertz CT molecular complexity index is 809. The fraction of sp³-hybridized carbons (Fsp3) is 0.458. The highest BCUT2D eigenvalue weighted by atomic mass is 16.5. The van der Waals surface area contributed by atoms with Crippen molar-refractivity contribution in [1.29, 1.82) is 0 Å². The Morgan fingerprint density at radius 1 is 1.00 bits per heavy atom. The lowest BCUT2D eigenvalue weighted by molar-refractivity contribution is -0.128. The Morgan fingerprint density at radius 3 is 2.14 bits per heavy atom. The standard InChI is InChI=1S/C24H33NO4/c1-8-20(17-9-14-21(27-6)22(15-17)28-7)25-23(26)16(2)29-19-12-10-18(11-13-19)24(3,4)5/h9-16,20H,8H2,1-7H3,(H,25,26)/t16-,20+/m1/s1. The molecule has 2 aromatic rings. The molecule has 0 spiro atoms. The van der Waals surface area contributed by atoms with Gasteiger partial charge in [-0.2, -0.15) is 0 Å². The van der Waals surface area contributed by atoms with E-state index in [4.69, 9.17) is 14.2 Å². The molecule has 158 valence electrons. The van der Waals surface area contributed by atoms with Gasteiger partial charge in [0.25, 0.3) is 5.91 Å². The van der Waals surface area contributed by atoms with Gasteiger partial charge in [-0.05, 0) is 54.2 Å². The molecule has 2 rings (SSSR count). The molecule has 0 aliphatic carbocycles. The van der Waals surface area contributed by atoms with Gasteiger partial charge >= 0.3 is 0 Å². The van der Waals surface area contributed by atoms with Gasteiger partial charge in [-0.15, -0.1) is 0 Å². The van der Waals surface area contributed by atoms with Crippen molar-refractivity contribution in [2.45, 2.75) is 58.6 Å². The Hall–Kier alpha value is -2.69. The van der Waals surface area contributed by atoms with Gasteiger partial charge in [0.05, 0.1) is 20.3 Å². The smallest absolute Gasteiger partial charge is 0.261 e. The minimum atomic E-state index is -0.607. The van der Waals surface area contributed by atoms with Gasteiger partial charge in [-0.25, -0.2) is 0 Å². The molecular formula is C24H33NO4. The normalized spacial score (nSPS) is 13.3. The second kappa shape index (κ2) is 9.68. The number of hydrogen-bond donors (Lipinski definition) is 1. The molecule has 1 N–H and O–H groups in total. The van der Waals surface area contributed by atoms with Crippen LogP contribution >= 0.6 is 0 Å². The highest BCUT2D eigenvalue weighted by Crippen LogP contribution is 2.31. The van der Waals surface area contributed by atoms with Gasteiger partial charge in [0.15, 0.2) is 17.6 Å². The molecule has 0 saturated heterocycles. The van der Waals surface area contributed by atoms with Crippen LogP contribution in [0.1, 0.15) is 58.2 Å². The van der Waals surface area contributed by atoms with Crippen LogP contribution in [0.3, 0.4) is 0 Å². The molecule has 5 heteroatoms. The fourth-order valence-corrected chi connectivity index (χ4v) is 3.07. The summed E-state index contributed by atoms with van der Waals surface area (Å²) in [6, 6.07) is 13.4. The number of hydrogen-bond acceptors (Lipinski definition) is 4. The topological polar surface area (TPSA) is 56.8 Å². The number of carbonyl (C=O) groups excluding carboxylic acids is 1. The third-order valence-electron chi connectivity index (χ3n) is 4.94. The van der Waals surface area contributed by atoms with E-state index >= 15 is 0 Å². The van der Waals surface area contributed by atoms with Crippen molar-refractivity contribution in [2.75, 3.05) is 14.2 Å². The highest BCUT2D eigenvalue weighted by molar-refractivity contribution is 5.81. The van der Waals surface area contributed by atoms with Crippen LogP contribution in [0.5, 0.6) is 17.2 Å². The SMILES string of the molecule is CC[C@H](NC(=O)[C@@H](C)Oc1ccc(C(C)(C)C)cc1)c1ccc(OC)c(OC)c1. The lowest BCUT2D eigenvalue weighted by Gasteiger charge is -2.22. The van der Waals surface area contributed by atoms with Gasteiger partial charge in [0, 0.05) is 0 Å². The summed E-state index contributed by atoms with van der Waals surface area (Å²) in [5.74, 6) is 1.82. The van der Waals surface area contributed by atoms with Crippen LogP contribution in [0, 0.1) is 0 Å². The zero-order chi connectivity index (χ0) is 21.6. The van der Waals surface area contributed by atoms with Crippen LogP contribution in [0.4, 0.5) is 0 Å². The van der Waals surface area contributed by atoms with Gasteiger partial charge in [0.2, 0.25) is 0 Å². The highest BCUT2D eigenvalue weighted by Gasteiger charge is 2.21. The second-order valence-corrected chi connectivity index (χ2v) is 8.12. The maximum Gasteiger partial charge on any atom is 0.261 e. The molecule has 0 aliphatic rings. The summed E-state index contributed by atoms with van der Waals surface area (Å²) in [6.45, 7) is 10.3. The van der Waals surface area contributed by atoms with E-state index < -0.39 is 6.10 Å². The van der Waals surface area contributed by atoms with Crippen molar-refractivity contribution in [3.8, 4) is 17.2 Å². The van der Waals surface area contributed by atoms with Crippen molar-refractivity contribution in [3.05, 3.63) is 53.6 Å². The van der Waals surface area contributed by atoms with Crippen LogP contribution in [0.25, 0.3) is 0 Å². The zero-order valence-corrected chi connectivity index (χ0v) is 18.5. The summed E-state index contributed by atoms with van der Waals surface area (Å²) >= 11 is 0. The molecule has 0 radical (unpaired) electrons. The van der Waals surface area contributed by atoms with Gasteiger partial charge in [-0.1, -0.05) is 45.9 Å². The van der Waals surface area contributed by atoms with E-state index in [0.29, 0.717) is 17.2 Å². The maximum atomic E-state index is 12.7. The molecule has 0 bridgehead atoms. The number of nitrogens with one attached hydrogen (secondary N) is 1. The first-order valence-electron chi connectivity index (χ1n) is 9.99. The van der Waals surface area contributed by atoms with E-state index in [2.05, 4.69) is 26.1 Å². The summed E-state index contributed by atoms with van der Waals surface area (Å²) in [4.78, 5) is 12.7. The average molecular weight is 400 g/mol. The van der Waals surface area contributed by atoms with Crippen molar-refractivity contribution < 1.29 is 19.0 Å². The van der Waals surface area contributed by atoms with E-state index in [0.717, 1.165) is 12.0 Å². The van der Waals surface area contributed by atoms with Gasteiger partial charge in [0.1, 0.15) is 5.75 Å². The molecule has 29 heavy (non-hydrogen) atoms. The van der Waals surface area contributed by atoms with Gasteiger partial charge in [-0.3, -0.25) is 4.79 Å². The summed E-state index contributed by atoms with van der Waals surface area (Å²) in [6.07, 6.45) is 0.137. The Kier molecular flexibility index (Phi) is 7.54. The van der Waals surface area contributed by atoms with Crippen molar-refractivity contribution >= 4 is 5.91 Å². The van der Waals surface area contributed by atoms with Crippen LogP contribution in [-0.2, 0) is 10.2 Å². The second-order valence-electron chi connectivity index (χ2n) is 8.12. The number of carbonyl (C=O) groups is 1. The molecule has 0 unspecified atom stereocenters.